The van der Waals surface area contributed by atoms with Crippen LogP contribution in [0.15, 0.2) is 60.7 Å². The van der Waals surface area contributed by atoms with Gasteiger partial charge in [0.05, 0.1) is 23.2 Å². The van der Waals surface area contributed by atoms with E-state index < -0.39 is 11.6 Å². The van der Waals surface area contributed by atoms with Crippen LogP contribution in [0.1, 0.15) is 57.4 Å². The number of aromatic nitrogens is 2. The lowest BCUT2D eigenvalue weighted by Gasteiger charge is -2.33. The molecule has 0 aliphatic heterocycles. The van der Waals surface area contributed by atoms with Crippen LogP contribution in [0, 0.1) is 17.6 Å². The molecule has 0 amide bonds. The van der Waals surface area contributed by atoms with E-state index in [0.29, 0.717) is 40.5 Å². The number of rotatable bonds is 8. The first-order valence-electron chi connectivity index (χ1n) is 13.6. The second-order valence-electron chi connectivity index (χ2n) is 10.5. The molecule has 2 aliphatic rings. The number of nitrogens with zero attached hydrogens (tertiary/aromatic N) is 2. The Kier molecular flexibility index (Phi) is 7.24. The molecule has 4 aromatic rings. The number of ether oxygens (including phenoxy) is 2. The summed E-state index contributed by atoms with van der Waals surface area (Å²) < 4.78 is 43.2. The third kappa shape index (κ3) is 5.24. The molecule has 2 fully saturated rings. The standard InChI is InChI=1S/C31H31ClF2N2O2/c32-22-11-9-21(10-12-22)31-35-28-17-26(33)27(34)18-29(28)36(31)30(20-5-2-1-3-6-20)19-37-23-13-15-25(16-14-23)38-24-7-4-8-24/h9-18,20,24,30H,1-8,19H2. The number of hydrogen-bond donors (Lipinski definition) is 0. The van der Waals surface area contributed by atoms with Crippen molar-refractivity contribution in [3.63, 3.8) is 0 Å². The molecule has 1 aromatic heterocycles. The van der Waals surface area contributed by atoms with Crippen LogP contribution in [0.4, 0.5) is 8.78 Å². The number of benzene rings is 3. The van der Waals surface area contributed by atoms with Crippen molar-refractivity contribution in [1.29, 1.82) is 0 Å². The Morgan fingerprint density at radius 1 is 0.842 bits per heavy atom. The molecule has 0 saturated heterocycles. The van der Waals surface area contributed by atoms with Gasteiger partial charge < -0.3 is 14.0 Å². The minimum Gasteiger partial charge on any atom is -0.491 e. The van der Waals surface area contributed by atoms with Crippen molar-refractivity contribution in [2.45, 2.75) is 63.5 Å². The highest BCUT2D eigenvalue weighted by Crippen LogP contribution is 2.39. The van der Waals surface area contributed by atoms with E-state index in [1.54, 1.807) is 12.1 Å². The lowest BCUT2D eigenvalue weighted by molar-refractivity contribution is 0.120. The van der Waals surface area contributed by atoms with E-state index in [4.69, 9.17) is 26.1 Å². The highest BCUT2D eigenvalue weighted by atomic mass is 35.5. The van der Waals surface area contributed by atoms with Crippen LogP contribution in [0.5, 0.6) is 11.5 Å². The quantitative estimate of drug-likeness (QED) is 0.226. The van der Waals surface area contributed by atoms with Gasteiger partial charge in [0.15, 0.2) is 11.6 Å². The van der Waals surface area contributed by atoms with E-state index in [1.165, 1.54) is 25.0 Å². The zero-order valence-corrected chi connectivity index (χ0v) is 22.0. The Balaban J connectivity index is 1.36. The van der Waals surface area contributed by atoms with E-state index >= 15 is 0 Å². The van der Waals surface area contributed by atoms with Gasteiger partial charge in [0.1, 0.15) is 23.9 Å². The summed E-state index contributed by atoms with van der Waals surface area (Å²) in [5.74, 6) is 0.799. The fraction of sp³-hybridized carbons (Fsp3) is 0.387. The molecule has 6 rings (SSSR count). The Hall–Kier alpha value is -3.12. The first-order valence-corrected chi connectivity index (χ1v) is 14.0. The first-order chi connectivity index (χ1) is 18.5. The SMILES string of the molecule is Fc1cc2nc(-c3ccc(Cl)cc3)n(C(COc3ccc(OC4CCC4)cc3)C3CCCCC3)c2cc1F. The van der Waals surface area contributed by atoms with Crippen molar-refractivity contribution in [2.24, 2.45) is 5.92 Å². The molecule has 0 spiro atoms. The lowest BCUT2D eigenvalue weighted by atomic mass is 9.83. The Labute approximate surface area is 226 Å². The van der Waals surface area contributed by atoms with E-state index in [9.17, 15) is 8.78 Å². The number of halogens is 3. The van der Waals surface area contributed by atoms with E-state index in [1.807, 2.05) is 36.4 Å². The molecule has 0 radical (unpaired) electrons. The molecular formula is C31H31ClF2N2O2. The third-order valence-electron chi connectivity index (χ3n) is 7.96. The molecule has 0 bridgehead atoms. The Morgan fingerprint density at radius 2 is 1.53 bits per heavy atom. The number of hydrogen-bond acceptors (Lipinski definition) is 3. The fourth-order valence-electron chi connectivity index (χ4n) is 5.65. The van der Waals surface area contributed by atoms with Gasteiger partial charge in [0, 0.05) is 22.7 Å². The minimum atomic E-state index is -0.903. The van der Waals surface area contributed by atoms with E-state index in [0.717, 1.165) is 55.6 Å². The predicted molar refractivity (Wildman–Crippen MR) is 146 cm³/mol. The topological polar surface area (TPSA) is 36.3 Å². The van der Waals surface area contributed by atoms with Gasteiger partial charge in [-0.15, -0.1) is 0 Å². The molecule has 198 valence electrons. The van der Waals surface area contributed by atoms with Crippen LogP contribution in [0.3, 0.4) is 0 Å². The van der Waals surface area contributed by atoms with E-state index in [2.05, 4.69) is 4.57 Å². The average Bonchev–Trinajstić information content (AvgIpc) is 3.26. The van der Waals surface area contributed by atoms with Gasteiger partial charge in [0.25, 0.3) is 0 Å². The lowest BCUT2D eigenvalue weighted by Crippen LogP contribution is -2.28. The van der Waals surface area contributed by atoms with Crippen molar-refractivity contribution >= 4 is 22.6 Å². The van der Waals surface area contributed by atoms with Gasteiger partial charge in [-0.2, -0.15) is 0 Å². The van der Waals surface area contributed by atoms with Crippen LogP contribution < -0.4 is 9.47 Å². The van der Waals surface area contributed by atoms with Crippen LogP contribution in [-0.2, 0) is 0 Å². The minimum absolute atomic E-state index is 0.109. The second kappa shape index (κ2) is 10.9. The van der Waals surface area contributed by atoms with Crippen molar-refractivity contribution in [1.82, 2.24) is 9.55 Å². The molecule has 1 atom stereocenters. The van der Waals surface area contributed by atoms with Gasteiger partial charge in [-0.1, -0.05) is 30.9 Å². The van der Waals surface area contributed by atoms with Crippen molar-refractivity contribution in [3.05, 3.63) is 77.3 Å². The summed E-state index contributed by atoms with van der Waals surface area (Å²) >= 11 is 6.16. The summed E-state index contributed by atoms with van der Waals surface area (Å²) in [6.07, 6.45) is 9.36. The van der Waals surface area contributed by atoms with Crippen LogP contribution in [0.2, 0.25) is 5.02 Å². The van der Waals surface area contributed by atoms with Gasteiger partial charge in [-0.05, 0) is 86.6 Å². The third-order valence-corrected chi connectivity index (χ3v) is 8.21. The molecule has 7 heteroatoms. The molecular weight excluding hydrogens is 506 g/mol. The normalized spacial score (nSPS) is 17.3. The predicted octanol–water partition coefficient (Wildman–Crippen LogP) is 8.77. The Morgan fingerprint density at radius 3 is 2.21 bits per heavy atom. The zero-order valence-electron chi connectivity index (χ0n) is 21.2. The molecule has 1 heterocycles. The molecule has 2 saturated carbocycles. The van der Waals surface area contributed by atoms with Crippen LogP contribution in [-0.4, -0.2) is 22.3 Å². The summed E-state index contributed by atoms with van der Waals surface area (Å²) in [7, 11) is 0. The molecule has 0 N–H and O–H groups in total. The molecule has 3 aromatic carbocycles. The molecule has 1 unspecified atom stereocenters. The van der Waals surface area contributed by atoms with Crippen LogP contribution in [0.25, 0.3) is 22.4 Å². The summed E-state index contributed by atoms with van der Waals surface area (Å²) in [6, 6.07) is 17.5. The van der Waals surface area contributed by atoms with Gasteiger partial charge in [-0.25, -0.2) is 13.8 Å². The molecule has 2 aliphatic carbocycles. The van der Waals surface area contributed by atoms with Crippen molar-refractivity contribution in [2.75, 3.05) is 6.61 Å². The highest BCUT2D eigenvalue weighted by molar-refractivity contribution is 6.30. The van der Waals surface area contributed by atoms with Crippen LogP contribution >= 0.6 is 11.6 Å². The smallest absolute Gasteiger partial charge is 0.161 e. The Bertz CT molecular complexity index is 1390. The van der Waals surface area contributed by atoms with Crippen molar-refractivity contribution in [3.8, 4) is 22.9 Å². The van der Waals surface area contributed by atoms with Gasteiger partial charge >= 0.3 is 0 Å². The summed E-state index contributed by atoms with van der Waals surface area (Å²) in [5.41, 5.74) is 1.83. The average molecular weight is 537 g/mol. The first kappa shape index (κ1) is 25.2. The van der Waals surface area contributed by atoms with Crippen molar-refractivity contribution < 1.29 is 18.3 Å². The van der Waals surface area contributed by atoms with Gasteiger partial charge in [0.2, 0.25) is 0 Å². The zero-order chi connectivity index (χ0) is 26.1. The summed E-state index contributed by atoms with van der Waals surface area (Å²) in [4.78, 5) is 4.78. The monoisotopic (exact) mass is 536 g/mol. The fourth-order valence-corrected chi connectivity index (χ4v) is 5.77. The van der Waals surface area contributed by atoms with Gasteiger partial charge in [-0.3, -0.25) is 0 Å². The molecule has 38 heavy (non-hydrogen) atoms. The second-order valence-corrected chi connectivity index (χ2v) is 10.9. The maximum atomic E-state index is 14.5. The molecule has 4 nitrogen and oxygen atoms in total. The maximum absolute atomic E-state index is 14.5. The number of fused-ring (bicyclic) bond motifs is 1. The summed E-state index contributed by atoms with van der Waals surface area (Å²) in [6.45, 7) is 0.387. The largest absolute Gasteiger partial charge is 0.491 e. The van der Waals surface area contributed by atoms with E-state index in [-0.39, 0.29) is 6.04 Å². The maximum Gasteiger partial charge on any atom is 0.161 e. The highest BCUT2D eigenvalue weighted by Gasteiger charge is 2.30. The summed E-state index contributed by atoms with van der Waals surface area (Å²) in [5, 5.41) is 0.616. The number of imidazole rings is 1.